The molecular weight excluding hydrogens is 528 g/mol. The van der Waals surface area contributed by atoms with Gasteiger partial charge in [0.05, 0.1) is 0 Å². The van der Waals surface area contributed by atoms with E-state index >= 15 is 26.3 Å². The summed E-state index contributed by atoms with van der Waals surface area (Å²) in [5, 5.41) is 0. The molecule has 2 unspecified atom stereocenters. The van der Waals surface area contributed by atoms with Gasteiger partial charge in [-0.2, -0.15) is 0 Å². The Morgan fingerprint density at radius 1 is 0.667 bits per heavy atom. The second kappa shape index (κ2) is 5.24. The number of halogens is 8. The van der Waals surface area contributed by atoms with Crippen LogP contribution < -0.4 is 0 Å². The molecule has 0 aromatic heterocycles. The molecule has 160 valence electrons. The van der Waals surface area contributed by atoms with E-state index in [4.69, 9.17) is 17.0 Å². The zero-order chi connectivity index (χ0) is 22.3. The Labute approximate surface area is 170 Å². The zero-order valence-electron chi connectivity index (χ0n) is 15.3. The summed E-state index contributed by atoms with van der Waals surface area (Å²) in [7, 11) is 12.8. The predicted octanol–water partition coefficient (Wildman–Crippen LogP) is 8.06. The molecule has 0 nitrogen and oxygen atoms in total. The molecule has 0 fully saturated rings. The first-order valence-corrected chi connectivity index (χ1v) is 22.5. The fraction of sp³-hybridized carbons (Fsp3) is 0.190. The van der Waals surface area contributed by atoms with E-state index in [1.54, 1.807) is 0 Å². The van der Waals surface area contributed by atoms with Gasteiger partial charge in [0.2, 0.25) is 0 Å². The van der Waals surface area contributed by atoms with Crippen LogP contribution in [-0.2, 0) is 12.9 Å². The number of alkyl halides is 6. The Bertz CT molecular complexity index is 1180. The minimum atomic E-state index is -10.3. The molecule has 9 heteroatoms. The SMILES string of the molecule is [CH2]=[Zr]([Cl])([Cl])([CH]1C=Cc2ccccc21)([CH]1C=Cc2ccccc21)([C](F)(F)F)[C](F)(F)F. The third-order valence-electron chi connectivity index (χ3n) is 7.26. The van der Waals surface area contributed by atoms with Gasteiger partial charge in [0, 0.05) is 0 Å². The monoisotopic (exact) mass is 542 g/mol. The summed E-state index contributed by atoms with van der Waals surface area (Å²) in [5.41, 5.74) is -0.0607. The minimum absolute atomic E-state index is 0.199. The Morgan fingerprint density at radius 2 is 1.00 bits per heavy atom. The van der Waals surface area contributed by atoms with Crippen molar-refractivity contribution >= 4 is 33.4 Å². The summed E-state index contributed by atoms with van der Waals surface area (Å²) in [6.07, 6.45) is 4.05. The van der Waals surface area contributed by atoms with E-state index in [2.05, 4.69) is 4.21 Å². The van der Waals surface area contributed by atoms with Crippen molar-refractivity contribution in [3.8, 4) is 0 Å². The van der Waals surface area contributed by atoms with Crippen LogP contribution in [0.2, 0.25) is 0 Å². The molecule has 2 aliphatic rings. The van der Waals surface area contributed by atoms with E-state index in [-0.39, 0.29) is 22.3 Å². The van der Waals surface area contributed by atoms with Crippen LogP contribution in [0, 0.1) is 0 Å². The van der Waals surface area contributed by atoms with Crippen LogP contribution in [-0.4, -0.2) is 12.0 Å². The Balaban J connectivity index is 2.30. The van der Waals surface area contributed by atoms with Gasteiger partial charge >= 0.3 is 171 Å². The summed E-state index contributed by atoms with van der Waals surface area (Å²) < 4.78 is 77.8. The van der Waals surface area contributed by atoms with E-state index in [0.29, 0.717) is 0 Å². The van der Waals surface area contributed by atoms with Crippen molar-refractivity contribution in [2.24, 2.45) is 0 Å². The van der Waals surface area contributed by atoms with Crippen molar-refractivity contribution in [3.63, 3.8) is 0 Å². The normalized spacial score (nSPS) is 24.5. The third-order valence-corrected chi connectivity index (χ3v) is 38.4. The van der Waals surface area contributed by atoms with Gasteiger partial charge < -0.3 is 0 Å². The van der Waals surface area contributed by atoms with Crippen LogP contribution in [0.3, 0.4) is 0 Å². The van der Waals surface area contributed by atoms with Crippen molar-refractivity contribution < 1.29 is 39.3 Å². The Hall–Kier alpha value is -1.17. The van der Waals surface area contributed by atoms with Crippen molar-refractivity contribution in [1.29, 1.82) is 0 Å². The number of hydrogen-bond donors (Lipinski definition) is 0. The van der Waals surface area contributed by atoms with E-state index in [9.17, 15) is 0 Å². The van der Waals surface area contributed by atoms with Gasteiger partial charge in [-0.3, -0.25) is 0 Å². The van der Waals surface area contributed by atoms with Crippen LogP contribution in [0.15, 0.2) is 60.7 Å². The Kier molecular flexibility index (Phi) is 3.85. The van der Waals surface area contributed by atoms with Gasteiger partial charge in [-0.15, -0.1) is 0 Å². The molecule has 0 bridgehead atoms. The molecule has 2 aromatic rings. The van der Waals surface area contributed by atoms with Gasteiger partial charge in [0.15, 0.2) is 0 Å². The van der Waals surface area contributed by atoms with Gasteiger partial charge in [-0.05, 0) is 0 Å². The molecule has 0 aliphatic heterocycles. The molecule has 2 atom stereocenters. The topological polar surface area (TPSA) is 0 Å². The van der Waals surface area contributed by atoms with Crippen LogP contribution in [0.25, 0.3) is 12.2 Å². The van der Waals surface area contributed by atoms with Gasteiger partial charge in [0.25, 0.3) is 0 Å². The van der Waals surface area contributed by atoms with Crippen LogP contribution in [0.1, 0.15) is 29.5 Å². The number of rotatable bonds is 2. The van der Waals surface area contributed by atoms with Crippen molar-refractivity contribution in [2.45, 2.75) is 15.0 Å². The maximum atomic E-state index is 15.3. The Morgan fingerprint density at radius 3 is 1.33 bits per heavy atom. The summed E-state index contributed by atoms with van der Waals surface area (Å²) in [5.74, 6) is 0. The quantitative estimate of drug-likeness (QED) is 0.336. The number of hydrogen-bond acceptors (Lipinski definition) is 0. The molecule has 2 aromatic carbocycles. The van der Waals surface area contributed by atoms with Crippen LogP contribution >= 0.6 is 17.0 Å². The molecule has 0 saturated carbocycles. The molecule has 0 radical (unpaired) electrons. The zero-order valence-corrected chi connectivity index (χ0v) is 19.3. The second-order valence-corrected chi connectivity index (χ2v) is 44.4. The molecule has 30 heavy (non-hydrogen) atoms. The average Bonchev–Trinajstić information content (AvgIpc) is 3.26. The first kappa shape index (κ1) is 22.0. The van der Waals surface area contributed by atoms with Crippen molar-refractivity contribution in [1.82, 2.24) is 0 Å². The maximum absolute atomic E-state index is 15.3. The van der Waals surface area contributed by atoms with E-state index in [0.717, 1.165) is 12.2 Å². The van der Waals surface area contributed by atoms with Gasteiger partial charge in [-0.25, -0.2) is 0 Å². The van der Waals surface area contributed by atoms with Crippen molar-refractivity contribution in [3.05, 3.63) is 82.9 Å². The van der Waals surface area contributed by atoms with Crippen LogP contribution in [0.4, 0.5) is 26.3 Å². The third kappa shape index (κ3) is 1.83. The average molecular weight is 544 g/mol. The fourth-order valence-electron chi connectivity index (χ4n) is 5.09. The van der Waals surface area contributed by atoms with Gasteiger partial charge in [0.1, 0.15) is 0 Å². The summed E-state index contributed by atoms with van der Waals surface area (Å²) in [4.78, 5) is 0. The molecule has 0 amide bonds. The summed E-state index contributed by atoms with van der Waals surface area (Å²) >= 11 is -10.3. The van der Waals surface area contributed by atoms with E-state index in [1.807, 2.05) is 0 Å². The number of benzene rings is 2. The number of fused-ring (bicyclic) bond motifs is 2. The standard InChI is InChI=1S/2C9H7.2CF3.CH2.2ClH.Zr/c2*1-2-5-9-7-3-6-8(9)4-1;2*2-1(3)4;;;;/h2*1-7H;;;1H2;2*1H;/q;;;;;;;+2/p-2. The second-order valence-electron chi connectivity index (χ2n) is 8.71. The van der Waals surface area contributed by atoms with E-state index in [1.165, 1.54) is 60.7 Å². The van der Waals surface area contributed by atoms with Gasteiger partial charge in [-0.1, -0.05) is 0 Å². The molecule has 4 rings (SSSR count). The summed E-state index contributed by atoms with van der Waals surface area (Å²) in [6, 6.07) is 11.0. The first-order valence-electron chi connectivity index (χ1n) is 9.09. The van der Waals surface area contributed by atoms with Crippen LogP contribution in [0.5, 0.6) is 0 Å². The summed E-state index contributed by atoms with van der Waals surface area (Å²) in [6.45, 7) is 0. The van der Waals surface area contributed by atoms with E-state index < -0.39 is 28.0 Å². The number of allylic oxidation sites excluding steroid dienone is 2. The fourth-order valence-corrected chi connectivity index (χ4v) is 24.1. The molecule has 0 saturated heterocycles. The predicted molar refractivity (Wildman–Crippen MR) is 107 cm³/mol. The molecule has 2 aliphatic carbocycles. The van der Waals surface area contributed by atoms with Crippen molar-refractivity contribution in [2.75, 3.05) is 0 Å². The first-order chi connectivity index (χ1) is 13.5. The molecular formula is C21H16Cl2F6Zr. The molecule has 0 heterocycles. The molecule has 0 N–H and O–H groups in total. The molecule has 0 spiro atoms.